The lowest BCUT2D eigenvalue weighted by atomic mass is 10.1. The lowest BCUT2D eigenvalue weighted by molar-refractivity contribution is -0.165. The molecule has 82 valence electrons. The molecule has 4 heteroatoms. The molecule has 2 rings (SSSR count). The second kappa shape index (κ2) is 4.10. The molecule has 2 atom stereocenters. The van der Waals surface area contributed by atoms with Crippen LogP contribution >= 0.6 is 11.6 Å². The van der Waals surface area contributed by atoms with Crippen molar-refractivity contribution in [3.05, 3.63) is 34.9 Å². The van der Waals surface area contributed by atoms with Crippen molar-refractivity contribution < 1.29 is 14.6 Å². The summed E-state index contributed by atoms with van der Waals surface area (Å²) < 4.78 is 11.2. The van der Waals surface area contributed by atoms with Crippen molar-refractivity contribution in [3.63, 3.8) is 0 Å². The number of ether oxygens (including phenoxy) is 2. The molecule has 0 saturated carbocycles. The number of aliphatic hydroxyl groups is 1. The summed E-state index contributed by atoms with van der Waals surface area (Å²) in [6.07, 6.45) is -0.245. The molecule has 0 radical (unpaired) electrons. The molecule has 1 aliphatic rings. The first-order chi connectivity index (χ1) is 7.14. The molecule has 1 saturated heterocycles. The van der Waals surface area contributed by atoms with Gasteiger partial charge in [0.15, 0.2) is 5.79 Å². The van der Waals surface area contributed by atoms with Crippen LogP contribution in [0.5, 0.6) is 0 Å². The summed E-state index contributed by atoms with van der Waals surface area (Å²) in [7, 11) is 0. The third-order valence-electron chi connectivity index (χ3n) is 2.51. The van der Waals surface area contributed by atoms with E-state index in [2.05, 4.69) is 0 Å². The van der Waals surface area contributed by atoms with Gasteiger partial charge < -0.3 is 14.6 Å². The van der Waals surface area contributed by atoms with Crippen molar-refractivity contribution in [1.82, 2.24) is 0 Å². The lowest BCUT2D eigenvalue weighted by Crippen LogP contribution is -2.24. The van der Waals surface area contributed by atoms with Crippen LogP contribution < -0.4 is 0 Å². The van der Waals surface area contributed by atoms with Crippen LogP contribution in [0.4, 0.5) is 0 Å². The third-order valence-corrected chi connectivity index (χ3v) is 2.76. The fraction of sp³-hybridized carbons (Fsp3) is 0.455. The molecule has 0 bridgehead atoms. The highest BCUT2D eigenvalue weighted by Gasteiger charge is 2.38. The van der Waals surface area contributed by atoms with Crippen LogP contribution in [0.3, 0.4) is 0 Å². The zero-order chi connectivity index (χ0) is 10.9. The number of halogens is 1. The van der Waals surface area contributed by atoms with Crippen LogP contribution in [0, 0.1) is 0 Å². The molecule has 0 amide bonds. The van der Waals surface area contributed by atoms with Gasteiger partial charge in [-0.1, -0.05) is 23.7 Å². The largest absolute Gasteiger partial charge is 0.394 e. The van der Waals surface area contributed by atoms with Gasteiger partial charge in [0.25, 0.3) is 0 Å². The van der Waals surface area contributed by atoms with Crippen LogP contribution in [0.15, 0.2) is 24.3 Å². The summed E-state index contributed by atoms with van der Waals surface area (Å²) in [5.41, 5.74) is 0.905. The highest BCUT2D eigenvalue weighted by molar-refractivity contribution is 6.30. The van der Waals surface area contributed by atoms with Crippen molar-refractivity contribution in [2.45, 2.75) is 18.8 Å². The number of benzene rings is 1. The van der Waals surface area contributed by atoms with E-state index in [4.69, 9.17) is 26.2 Å². The minimum atomic E-state index is -0.766. The molecule has 0 aromatic heterocycles. The first-order valence-corrected chi connectivity index (χ1v) is 5.20. The fourth-order valence-electron chi connectivity index (χ4n) is 1.63. The van der Waals surface area contributed by atoms with E-state index in [-0.39, 0.29) is 12.7 Å². The summed E-state index contributed by atoms with van der Waals surface area (Å²) in [4.78, 5) is 0. The molecule has 1 fully saturated rings. The Balaban J connectivity index is 2.20. The minimum absolute atomic E-state index is 0.0246. The Hall–Kier alpha value is -0.610. The molecule has 1 aromatic rings. The second-order valence-corrected chi connectivity index (χ2v) is 4.12. The Morgan fingerprint density at radius 3 is 2.67 bits per heavy atom. The molecular formula is C11H13ClO3. The third kappa shape index (κ3) is 2.16. The topological polar surface area (TPSA) is 38.7 Å². The van der Waals surface area contributed by atoms with Gasteiger partial charge in [-0.3, -0.25) is 0 Å². The van der Waals surface area contributed by atoms with Gasteiger partial charge >= 0.3 is 0 Å². The van der Waals surface area contributed by atoms with Gasteiger partial charge in [-0.15, -0.1) is 0 Å². The first-order valence-electron chi connectivity index (χ1n) is 4.83. The maximum atomic E-state index is 8.96. The quantitative estimate of drug-likeness (QED) is 0.841. The number of hydrogen-bond acceptors (Lipinski definition) is 3. The maximum absolute atomic E-state index is 8.96. The highest BCUT2D eigenvalue weighted by atomic mass is 35.5. The Kier molecular flexibility index (Phi) is 2.98. The predicted octanol–water partition coefficient (Wildman–Crippen LogP) is 1.92. The Labute approximate surface area is 93.6 Å². The fourth-order valence-corrected chi connectivity index (χ4v) is 1.76. The van der Waals surface area contributed by atoms with Gasteiger partial charge in [0.2, 0.25) is 0 Å². The van der Waals surface area contributed by atoms with E-state index in [1.807, 2.05) is 19.1 Å². The normalized spacial score (nSPS) is 30.7. The summed E-state index contributed by atoms with van der Waals surface area (Å²) >= 11 is 5.80. The molecule has 15 heavy (non-hydrogen) atoms. The zero-order valence-electron chi connectivity index (χ0n) is 8.44. The van der Waals surface area contributed by atoms with E-state index in [0.717, 1.165) is 5.56 Å². The average molecular weight is 229 g/mol. The molecular weight excluding hydrogens is 216 g/mol. The molecule has 3 nitrogen and oxygen atoms in total. The van der Waals surface area contributed by atoms with E-state index in [0.29, 0.717) is 11.6 Å². The highest BCUT2D eigenvalue weighted by Crippen LogP contribution is 2.33. The van der Waals surface area contributed by atoms with E-state index in [1.54, 1.807) is 12.1 Å². The predicted molar refractivity (Wildman–Crippen MR) is 56.7 cm³/mol. The van der Waals surface area contributed by atoms with E-state index >= 15 is 0 Å². The van der Waals surface area contributed by atoms with Crippen molar-refractivity contribution in [2.75, 3.05) is 13.2 Å². The number of aliphatic hydroxyl groups excluding tert-OH is 1. The van der Waals surface area contributed by atoms with Gasteiger partial charge in [0.1, 0.15) is 6.10 Å². The van der Waals surface area contributed by atoms with E-state index < -0.39 is 5.79 Å². The van der Waals surface area contributed by atoms with Crippen LogP contribution in [0.25, 0.3) is 0 Å². The first kappa shape index (κ1) is 10.9. The molecule has 1 aliphatic heterocycles. The average Bonchev–Trinajstić information content (AvgIpc) is 2.62. The number of hydrogen-bond donors (Lipinski definition) is 1. The maximum Gasteiger partial charge on any atom is 0.192 e. The molecule has 1 aromatic carbocycles. The molecule has 1 N–H and O–H groups in total. The van der Waals surface area contributed by atoms with Crippen molar-refractivity contribution in [3.8, 4) is 0 Å². The van der Waals surface area contributed by atoms with E-state index in [9.17, 15) is 0 Å². The monoisotopic (exact) mass is 228 g/mol. The number of rotatable bonds is 2. The van der Waals surface area contributed by atoms with Crippen molar-refractivity contribution in [2.24, 2.45) is 0 Å². The lowest BCUT2D eigenvalue weighted by Gasteiger charge is -2.23. The Bertz CT molecular complexity index is 338. The minimum Gasteiger partial charge on any atom is -0.394 e. The summed E-state index contributed by atoms with van der Waals surface area (Å²) in [6.45, 7) is 2.23. The van der Waals surface area contributed by atoms with Crippen molar-refractivity contribution in [1.29, 1.82) is 0 Å². The zero-order valence-corrected chi connectivity index (χ0v) is 9.20. The summed E-state index contributed by atoms with van der Waals surface area (Å²) in [5, 5.41) is 9.64. The second-order valence-electron chi connectivity index (χ2n) is 3.69. The van der Waals surface area contributed by atoms with Gasteiger partial charge in [-0.05, 0) is 19.1 Å². The summed E-state index contributed by atoms with van der Waals surface area (Å²) in [5.74, 6) is -0.766. The van der Waals surface area contributed by atoms with Gasteiger partial charge in [-0.25, -0.2) is 0 Å². The molecule has 1 heterocycles. The van der Waals surface area contributed by atoms with Crippen LogP contribution in [0.2, 0.25) is 5.02 Å². The van der Waals surface area contributed by atoms with Crippen LogP contribution in [0.1, 0.15) is 12.5 Å². The van der Waals surface area contributed by atoms with Crippen molar-refractivity contribution >= 4 is 11.6 Å². The van der Waals surface area contributed by atoms with Gasteiger partial charge in [0.05, 0.1) is 13.2 Å². The Morgan fingerprint density at radius 1 is 1.47 bits per heavy atom. The van der Waals surface area contributed by atoms with Gasteiger partial charge in [0, 0.05) is 10.6 Å². The summed E-state index contributed by atoms with van der Waals surface area (Å²) in [6, 6.07) is 7.31. The smallest absolute Gasteiger partial charge is 0.192 e. The molecule has 2 unspecified atom stereocenters. The SMILES string of the molecule is CC1(c2ccc(Cl)cc2)OCC(CO)O1. The van der Waals surface area contributed by atoms with E-state index in [1.165, 1.54) is 0 Å². The molecule has 0 aliphatic carbocycles. The standard InChI is InChI=1S/C11H13ClO3/c1-11(14-7-10(6-13)15-11)8-2-4-9(12)5-3-8/h2-5,10,13H,6-7H2,1H3. The van der Waals surface area contributed by atoms with Crippen LogP contribution in [-0.2, 0) is 15.3 Å². The molecule has 0 spiro atoms. The Morgan fingerprint density at radius 2 is 2.13 bits per heavy atom. The van der Waals surface area contributed by atoms with Crippen LogP contribution in [-0.4, -0.2) is 24.4 Å². The van der Waals surface area contributed by atoms with Gasteiger partial charge in [-0.2, -0.15) is 0 Å².